The largest absolute Gasteiger partial charge is 0.480 e. The van der Waals surface area contributed by atoms with Crippen molar-refractivity contribution in [2.75, 3.05) is 18.4 Å². The molecular formula is C18H24N6O6S. The molecule has 2 heterocycles. The van der Waals surface area contributed by atoms with Gasteiger partial charge in [0.1, 0.15) is 6.04 Å². The summed E-state index contributed by atoms with van der Waals surface area (Å²) in [6.07, 6.45) is 3.57. The Balaban J connectivity index is 1.45. The number of hydrogen-bond donors (Lipinski definition) is 6. The van der Waals surface area contributed by atoms with E-state index in [9.17, 15) is 23.1 Å². The van der Waals surface area contributed by atoms with E-state index in [1.54, 1.807) is 18.5 Å². The summed E-state index contributed by atoms with van der Waals surface area (Å²) in [6.45, 7) is 0.177. The van der Waals surface area contributed by atoms with E-state index in [0.717, 1.165) is 0 Å². The van der Waals surface area contributed by atoms with Crippen molar-refractivity contribution in [3.05, 3.63) is 42.7 Å². The Kier molecular flexibility index (Phi) is 7.57. The fourth-order valence-electron chi connectivity index (χ4n) is 2.95. The van der Waals surface area contributed by atoms with Gasteiger partial charge in [0.15, 0.2) is 12.1 Å². The first-order valence-electron chi connectivity index (χ1n) is 9.57. The summed E-state index contributed by atoms with van der Waals surface area (Å²) in [6, 6.07) is 5.78. The molecule has 31 heavy (non-hydrogen) atoms. The zero-order valence-electron chi connectivity index (χ0n) is 16.4. The van der Waals surface area contributed by atoms with Crippen LogP contribution in [0.4, 0.5) is 5.95 Å². The van der Waals surface area contributed by atoms with Crippen molar-refractivity contribution in [2.24, 2.45) is 0 Å². The Bertz CT molecular complexity index is 969. The molecule has 1 saturated heterocycles. The molecule has 0 aliphatic carbocycles. The van der Waals surface area contributed by atoms with Crippen LogP contribution in [0.1, 0.15) is 12.8 Å². The minimum atomic E-state index is -4.05. The molecule has 1 aliphatic heterocycles. The maximum Gasteiger partial charge on any atom is 0.323 e. The molecule has 1 aliphatic rings. The standard InChI is InChI=1S/C18H24N6O6S/c25-16(15-10-12(23-30-15)6-7-19-18-20-8-9-21-18)22-11-14(17(26)27)24-31(28,29)13-4-2-1-3-5-13/h1-5,8-9,12,14-15,23-24H,6-7,10-11H2,(H,22,25)(H,26,27)(H2,19,20,21). The summed E-state index contributed by atoms with van der Waals surface area (Å²) in [5.74, 6) is -1.29. The molecule has 0 bridgehead atoms. The molecule has 1 aromatic heterocycles. The van der Waals surface area contributed by atoms with E-state index < -0.39 is 40.6 Å². The number of carbonyl (C=O) groups is 2. The molecule has 0 spiro atoms. The summed E-state index contributed by atoms with van der Waals surface area (Å²) in [5, 5.41) is 14.9. The monoisotopic (exact) mass is 452 g/mol. The number of nitrogens with one attached hydrogen (secondary N) is 5. The van der Waals surface area contributed by atoms with Gasteiger partial charge in [0.25, 0.3) is 5.91 Å². The summed E-state index contributed by atoms with van der Waals surface area (Å²) in [4.78, 5) is 36.0. The highest BCUT2D eigenvalue weighted by Crippen LogP contribution is 2.14. The fraction of sp³-hybridized carbons (Fsp3) is 0.389. The normalized spacial score (nSPS) is 19.6. The number of amides is 1. The van der Waals surface area contributed by atoms with E-state index in [1.165, 1.54) is 24.3 Å². The maximum atomic E-state index is 12.3. The highest BCUT2D eigenvalue weighted by molar-refractivity contribution is 7.89. The van der Waals surface area contributed by atoms with Gasteiger partial charge in [-0.3, -0.25) is 14.4 Å². The number of aromatic amines is 1. The molecule has 3 unspecified atom stereocenters. The van der Waals surface area contributed by atoms with Crippen LogP contribution in [0.2, 0.25) is 0 Å². The van der Waals surface area contributed by atoms with Crippen LogP contribution in [0.5, 0.6) is 0 Å². The van der Waals surface area contributed by atoms with Gasteiger partial charge < -0.3 is 20.7 Å². The second-order valence-corrected chi connectivity index (χ2v) is 8.59. The van der Waals surface area contributed by atoms with Crippen molar-refractivity contribution in [2.45, 2.75) is 35.9 Å². The van der Waals surface area contributed by atoms with Crippen molar-refractivity contribution in [3.8, 4) is 0 Å². The zero-order chi connectivity index (χ0) is 22.3. The van der Waals surface area contributed by atoms with Gasteiger partial charge in [-0.05, 0) is 18.6 Å². The minimum Gasteiger partial charge on any atom is -0.480 e. The third kappa shape index (κ3) is 6.49. The summed E-state index contributed by atoms with van der Waals surface area (Å²) in [7, 11) is -4.05. The van der Waals surface area contributed by atoms with E-state index in [0.29, 0.717) is 25.3 Å². The topological polar surface area (TPSA) is 175 Å². The van der Waals surface area contributed by atoms with Crippen LogP contribution < -0.4 is 20.8 Å². The number of imidazole rings is 1. The van der Waals surface area contributed by atoms with E-state index in [4.69, 9.17) is 4.84 Å². The van der Waals surface area contributed by atoms with Crippen LogP contribution in [0.3, 0.4) is 0 Å². The predicted octanol–water partition coefficient (Wildman–Crippen LogP) is -0.578. The molecule has 0 radical (unpaired) electrons. The molecule has 3 rings (SSSR count). The molecule has 0 saturated carbocycles. The van der Waals surface area contributed by atoms with Gasteiger partial charge in [-0.25, -0.2) is 13.4 Å². The van der Waals surface area contributed by atoms with Gasteiger partial charge in [0, 0.05) is 37.9 Å². The van der Waals surface area contributed by atoms with Gasteiger partial charge in [-0.1, -0.05) is 18.2 Å². The molecule has 3 atom stereocenters. The van der Waals surface area contributed by atoms with Gasteiger partial charge >= 0.3 is 5.97 Å². The molecular weight excluding hydrogens is 428 g/mol. The Morgan fingerprint density at radius 3 is 2.74 bits per heavy atom. The third-order valence-electron chi connectivity index (χ3n) is 4.58. The second kappa shape index (κ2) is 10.3. The maximum absolute atomic E-state index is 12.3. The lowest BCUT2D eigenvalue weighted by atomic mass is 10.1. The molecule has 6 N–H and O–H groups in total. The number of aliphatic carboxylic acids is 1. The quantitative estimate of drug-likeness (QED) is 0.261. The third-order valence-corrected chi connectivity index (χ3v) is 6.07. The molecule has 12 nitrogen and oxygen atoms in total. The zero-order valence-corrected chi connectivity index (χ0v) is 17.3. The number of anilines is 1. The molecule has 1 aromatic carbocycles. The Hall–Kier alpha value is -3.00. The summed E-state index contributed by atoms with van der Waals surface area (Å²) in [5.41, 5.74) is 2.78. The van der Waals surface area contributed by atoms with E-state index in [1.807, 2.05) is 0 Å². The van der Waals surface area contributed by atoms with E-state index >= 15 is 0 Å². The van der Waals surface area contributed by atoms with Crippen LogP contribution in [0.25, 0.3) is 0 Å². The lowest BCUT2D eigenvalue weighted by Gasteiger charge is -2.16. The van der Waals surface area contributed by atoms with Crippen LogP contribution in [-0.2, 0) is 24.4 Å². The Morgan fingerprint density at radius 2 is 2.06 bits per heavy atom. The van der Waals surface area contributed by atoms with Crippen molar-refractivity contribution in [3.63, 3.8) is 0 Å². The number of hydroxylamine groups is 1. The SMILES string of the molecule is O=C(O)C(CNC(=O)C1CC(CCNc2ncc[nH]2)NO1)NS(=O)(=O)c1ccccc1. The minimum absolute atomic E-state index is 0.0677. The second-order valence-electron chi connectivity index (χ2n) is 6.88. The molecule has 13 heteroatoms. The molecule has 1 amide bonds. The van der Waals surface area contributed by atoms with Crippen LogP contribution in [0.15, 0.2) is 47.6 Å². The summed E-state index contributed by atoms with van der Waals surface area (Å²) >= 11 is 0. The van der Waals surface area contributed by atoms with Crippen molar-refractivity contribution in [1.29, 1.82) is 0 Å². The van der Waals surface area contributed by atoms with Gasteiger partial charge in [-0.15, -0.1) is 0 Å². The fourth-order valence-corrected chi connectivity index (χ4v) is 4.16. The van der Waals surface area contributed by atoms with Crippen LogP contribution in [0, 0.1) is 0 Å². The number of carboxylic acids is 1. The lowest BCUT2D eigenvalue weighted by molar-refractivity contribution is -0.139. The molecule has 2 aromatic rings. The number of aromatic nitrogens is 2. The highest BCUT2D eigenvalue weighted by Gasteiger charge is 2.32. The van der Waals surface area contributed by atoms with E-state index in [-0.39, 0.29) is 10.9 Å². The number of H-pyrrole nitrogens is 1. The van der Waals surface area contributed by atoms with Gasteiger partial charge in [-0.2, -0.15) is 10.2 Å². The number of hydrogen-bond acceptors (Lipinski definition) is 8. The number of nitrogens with zero attached hydrogens (tertiary/aromatic N) is 1. The van der Waals surface area contributed by atoms with Crippen molar-refractivity contribution < 1.29 is 28.0 Å². The van der Waals surface area contributed by atoms with Crippen LogP contribution >= 0.6 is 0 Å². The number of carboxylic acid groups (broad SMARTS) is 1. The van der Waals surface area contributed by atoms with Crippen molar-refractivity contribution >= 4 is 27.8 Å². The number of benzene rings is 1. The average Bonchev–Trinajstić information content (AvgIpc) is 3.44. The number of rotatable bonds is 11. The van der Waals surface area contributed by atoms with Gasteiger partial charge in [0.2, 0.25) is 10.0 Å². The van der Waals surface area contributed by atoms with Crippen LogP contribution in [-0.4, -0.2) is 66.6 Å². The molecule has 1 fully saturated rings. The predicted molar refractivity (Wildman–Crippen MR) is 109 cm³/mol. The average molecular weight is 452 g/mol. The van der Waals surface area contributed by atoms with Crippen molar-refractivity contribution in [1.82, 2.24) is 25.5 Å². The Labute approximate surface area is 178 Å². The smallest absolute Gasteiger partial charge is 0.323 e. The lowest BCUT2D eigenvalue weighted by Crippen LogP contribution is -2.49. The first kappa shape index (κ1) is 22.7. The van der Waals surface area contributed by atoms with Gasteiger partial charge in [0.05, 0.1) is 4.90 Å². The molecule has 168 valence electrons. The Morgan fingerprint density at radius 1 is 1.29 bits per heavy atom. The number of carbonyl (C=O) groups excluding carboxylic acids is 1. The first-order valence-corrected chi connectivity index (χ1v) is 11.1. The van der Waals surface area contributed by atoms with E-state index in [2.05, 4.69) is 30.8 Å². The first-order chi connectivity index (χ1) is 14.8. The number of sulfonamides is 1. The summed E-state index contributed by atoms with van der Waals surface area (Å²) < 4.78 is 26.8. The highest BCUT2D eigenvalue weighted by atomic mass is 32.2.